The van der Waals surface area contributed by atoms with E-state index in [2.05, 4.69) is 4.90 Å². The number of carbonyl (C=O) groups excluding carboxylic acids is 1. The standard InChI is InChI=1S/C14H17NO4/c16-12(9-15-4-1-6-17-7-5-15)11-2-3-13-14(8-11)19-10-18-13/h2-3,8H,1,4-7,9-10H2. The summed E-state index contributed by atoms with van der Waals surface area (Å²) in [5.74, 6) is 1.48. The first-order chi connectivity index (χ1) is 9.33. The lowest BCUT2D eigenvalue weighted by Gasteiger charge is -2.17. The first-order valence-electron chi connectivity index (χ1n) is 6.56. The highest BCUT2D eigenvalue weighted by molar-refractivity contribution is 5.98. The number of rotatable bonds is 3. The highest BCUT2D eigenvalue weighted by atomic mass is 16.7. The number of nitrogens with zero attached hydrogens (tertiary/aromatic N) is 1. The van der Waals surface area contributed by atoms with Crippen molar-refractivity contribution < 1.29 is 19.0 Å². The molecule has 102 valence electrons. The van der Waals surface area contributed by atoms with Gasteiger partial charge >= 0.3 is 0 Å². The molecule has 19 heavy (non-hydrogen) atoms. The Morgan fingerprint density at radius 3 is 3.00 bits per heavy atom. The second kappa shape index (κ2) is 5.59. The first-order valence-corrected chi connectivity index (χ1v) is 6.56. The highest BCUT2D eigenvalue weighted by Gasteiger charge is 2.18. The van der Waals surface area contributed by atoms with E-state index < -0.39 is 0 Å². The molecular weight excluding hydrogens is 246 g/mol. The number of carbonyl (C=O) groups is 1. The summed E-state index contributed by atoms with van der Waals surface area (Å²) in [6, 6.07) is 5.35. The highest BCUT2D eigenvalue weighted by Crippen LogP contribution is 2.32. The molecule has 0 spiro atoms. The van der Waals surface area contributed by atoms with Crippen molar-refractivity contribution >= 4 is 5.78 Å². The molecule has 1 fully saturated rings. The van der Waals surface area contributed by atoms with Gasteiger partial charge in [0, 0.05) is 25.3 Å². The van der Waals surface area contributed by atoms with Gasteiger partial charge < -0.3 is 14.2 Å². The number of hydrogen-bond acceptors (Lipinski definition) is 5. The fourth-order valence-electron chi connectivity index (χ4n) is 2.32. The van der Waals surface area contributed by atoms with Crippen LogP contribution in [0.1, 0.15) is 16.8 Å². The number of hydrogen-bond donors (Lipinski definition) is 0. The van der Waals surface area contributed by atoms with Gasteiger partial charge in [0.15, 0.2) is 17.3 Å². The maximum Gasteiger partial charge on any atom is 0.231 e. The number of ether oxygens (including phenoxy) is 3. The van der Waals surface area contributed by atoms with Crippen LogP contribution in [-0.4, -0.2) is 50.3 Å². The van der Waals surface area contributed by atoms with Crippen molar-refractivity contribution in [1.82, 2.24) is 4.90 Å². The van der Waals surface area contributed by atoms with E-state index in [4.69, 9.17) is 14.2 Å². The Labute approximate surface area is 112 Å². The zero-order valence-electron chi connectivity index (χ0n) is 10.8. The van der Waals surface area contributed by atoms with Gasteiger partial charge in [-0.2, -0.15) is 0 Å². The smallest absolute Gasteiger partial charge is 0.231 e. The van der Waals surface area contributed by atoms with Crippen LogP contribution < -0.4 is 9.47 Å². The lowest BCUT2D eigenvalue weighted by Crippen LogP contribution is -2.32. The van der Waals surface area contributed by atoms with E-state index in [1.807, 2.05) is 0 Å². The summed E-state index contributed by atoms with van der Waals surface area (Å²) in [5.41, 5.74) is 0.675. The van der Waals surface area contributed by atoms with E-state index in [1.54, 1.807) is 18.2 Å². The number of Topliss-reactive ketones (excluding diaryl/α,β-unsaturated/α-hetero) is 1. The molecule has 0 saturated carbocycles. The number of ketones is 1. The molecule has 0 amide bonds. The Balaban J connectivity index is 1.66. The number of fused-ring (bicyclic) bond motifs is 1. The quantitative estimate of drug-likeness (QED) is 0.770. The van der Waals surface area contributed by atoms with Gasteiger partial charge in [-0.1, -0.05) is 0 Å². The summed E-state index contributed by atoms with van der Waals surface area (Å²) in [6.45, 7) is 3.88. The molecule has 0 N–H and O–H groups in total. The molecule has 0 unspecified atom stereocenters. The normalized spacial score (nSPS) is 19.2. The van der Waals surface area contributed by atoms with Crippen LogP contribution in [0.5, 0.6) is 11.5 Å². The fraction of sp³-hybridized carbons (Fsp3) is 0.500. The molecule has 2 heterocycles. The van der Waals surface area contributed by atoms with Gasteiger partial charge in [-0.15, -0.1) is 0 Å². The molecule has 2 aliphatic heterocycles. The Kier molecular flexibility index (Phi) is 3.66. The molecule has 5 nitrogen and oxygen atoms in total. The van der Waals surface area contributed by atoms with E-state index in [9.17, 15) is 4.79 Å². The molecule has 0 aromatic heterocycles. The maximum atomic E-state index is 12.2. The molecule has 3 rings (SSSR count). The van der Waals surface area contributed by atoms with Crippen molar-refractivity contribution in [3.8, 4) is 11.5 Å². The Hall–Kier alpha value is -1.59. The second-order valence-electron chi connectivity index (χ2n) is 4.73. The molecule has 0 bridgehead atoms. The fourth-order valence-corrected chi connectivity index (χ4v) is 2.32. The van der Waals surface area contributed by atoms with Gasteiger partial charge in [0.25, 0.3) is 0 Å². The summed E-state index contributed by atoms with van der Waals surface area (Å²) in [6.07, 6.45) is 0.981. The van der Waals surface area contributed by atoms with E-state index in [-0.39, 0.29) is 12.6 Å². The van der Waals surface area contributed by atoms with Crippen LogP contribution in [0.4, 0.5) is 0 Å². The van der Waals surface area contributed by atoms with Crippen LogP contribution in [0.25, 0.3) is 0 Å². The summed E-state index contributed by atoms with van der Waals surface area (Å²) in [7, 11) is 0. The third-order valence-corrected chi connectivity index (χ3v) is 3.38. The van der Waals surface area contributed by atoms with Crippen LogP contribution >= 0.6 is 0 Å². The monoisotopic (exact) mass is 263 g/mol. The van der Waals surface area contributed by atoms with Gasteiger partial charge in [0.1, 0.15) is 0 Å². The molecule has 0 atom stereocenters. The molecule has 5 heteroatoms. The van der Waals surface area contributed by atoms with Crippen molar-refractivity contribution in [2.24, 2.45) is 0 Å². The molecule has 0 radical (unpaired) electrons. The lowest BCUT2D eigenvalue weighted by molar-refractivity contribution is 0.0922. The van der Waals surface area contributed by atoms with Gasteiger partial charge in [0.2, 0.25) is 6.79 Å². The molecule has 2 aliphatic rings. The topological polar surface area (TPSA) is 48.0 Å². The van der Waals surface area contributed by atoms with Crippen LogP contribution in [0.2, 0.25) is 0 Å². The maximum absolute atomic E-state index is 12.2. The van der Waals surface area contributed by atoms with Gasteiger partial charge in [-0.25, -0.2) is 0 Å². The third-order valence-electron chi connectivity index (χ3n) is 3.38. The predicted molar refractivity (Wildman–Crippen MR) is 68.8 cm³/mol. The van der Waals surface area contributed by atoms with Crippen molar-refractivity contribution in [2.75, 3.05) is 39.6 Å². The van der Waals surface area contributed by atoms with E-state index in [0.717, 1.165) is 26.1 Å². The zero-order valence-corrected chi connectivity index (χ0v) is 10.8. The Morgan fingerprint density at radius 1 is 1.16 bits per heavy atom. The minimum absolute atomic E-state index is 0.111. The SMILES string of the molecule is O=C(CN1CCCOCC1)c1ccc2c(c1)OCO2. The Bertz CT molecular complexity index is 467. The summed E-state index contributed by atoms with van der Waals surface area (Å²) >= 11 is 0. The summed E-state index contributed by atoms with van der Waals surface area (Å²) < 4.78 is 15.9. The number of benzene rings is 1. The minimum atomic E-state index is 0.111. The molecule has 1 aromatic carbocycles. The van der Waals surface area contributed by atoms with Crippen molar-refractivity contribution in [1.29, 1.82) is 0 Å². The van der Waals surface area contributed by atoms with Crippen molar-refractivity contribution in [2.45, 2.75) is 6.42 Å². The molecule has 1 saturated heterocycles. The second-order valence-corrected chi connectivity index (χ2v) is 4.73. The predicted octanol–water partition coefficient (Wildman–Crippen LogP) is 1.32. The lowest BCUT2D eigenvalue weighted by atomic mass is 10.1. The summed E-state index contributed by atoms with van der Waals surface area (Å²) in [4.78, 5) is 14.4. The molecular formula is C14H17NO4. The molecule has 1 aromatic rings. The van der Waals surface area contributed by atoms with E-state index in [0.29, 0.717) is 30.2 Å². The van der Waals surface area contributed by atoms with Gasteiger partial charge in [0.05, 0.1) is 13.2 Å². The van der Waals surface area contributed by atoms with Gasteiger partial charge in [-0.05, 0) is 24.6 Å². The zero-order chi connectivity index (χ0) is 13.1. The van der Waals surface area contributed by atoms with E-state index >= 15 is 0 Å². The summed E-state index contributed by atoms with van der Waals surface area (Å²) in [5, 5.41) is 0. The van der Waals surface area contributed by atoms with Crippen molar-refractivity contribution in [3.05, 3.63) is 23.8 Å². The van der Waals surface area contributed by atoms with E-state index in [1.165, 1.54) is 0 Å². The largest absolute Gasteiger partial charge is 0.454 e. The van der Waals surface area contributed by atoms with Crippen LogP contribution in [0.15, 0.2) is 18.2 Å². The van der Waals surface area contributed by atoms with Crippen LogP contribution in [0.3, 0.4) is 0 Å². The first kappa shape index (κ1) is 12.4. The molecule has 0 aliphatic carbocycles. The average Bonchev–Trinajstić information content (AvgIpc) is 2.75. The Morgan fingerprint density at radius 2 is 2.05 bits per heavy atom. The van der Waals surface area contributed by atoms with Crippen molar-refractivity contribution in [3.63, 3.8) is 0 Å². The van der Waals surface area contributed by atoms with Crippen LogP contribution in [-0.2, 0) is 4.74 Å². The third kappa shape index (κ3) is 2.88. The van der Waals surface area contributed by atoms with Crippen LogP contribution in [0, 0.1) is 0 Å². The average molecular weight is 263 g/mol. The minimum Gasteiger partial charge on any atom is -0.454 e. The van der Waals surface area contributed by atoms with Gasteiger partial charge in [-0.3, -0.25) is 9.69 Å².